The van der Waals surface area contributed by atoms with Crippen molar-refractivity contribution in [2.24, 2.45) is 5.16 Å². The Hall–Kier alpha value is -4.55. The Bertz CT molecular complexity index is 1460. The van der Waals surface area contributed by atoms with E-state index in [0.29, 0.717) is 6.42 Å². The lowest BCUT2D eigenvalue weighted by Gasteiger charge is -2.18. The molecule has 0 aromatic heterocycles. The number of ether oxygens (including phenoxy) is 2. The van der Waals surface area contributed by atoms with Gasteiger partial charge >= 0.3 is 18.3 Å². The average Bonchev–Trinajstić information content (AvgIpc) is 2.95. The highest BCUT2D eigenvalue weighted by Gasteiger charge is 2.37. The number of esters is 1. The van der Waals surface area contributed by atoms with Crippen molar-refractivity contribution in [2.45, 2.75) is 45.0 Å². The number of hydrogen-bond donors (Lipinski definition) is 1. The fourth-order valence-corrected chi connectivity index (χ4v) is 3.82. The van der Waals surface area contributed by atoms with E-state index in [2.05, 4.69) is 36.0 Å². The summed E-state index contributed by atoms with van der Waals surface area (Å²) in [5.41, 5.74) is -2.62. The summed E-state index contributed by atoms with van der Waals surface area (Å²) in [5.74, 6) is -2.08. The van der Waals surface area contributed by atoms with Gasteiger partial charge in [0, 0.05) is 18.1 Å². The zero-order chi connectivity index (χ0) is 32.7. The number of benzene rings is 3. The minimum atomic E-state index is -5.14. The maximum Gasteiger partial charge on any atom is 0.416 e. The first-order valence-corrected chi connectivity index (χ1v) is 13.2. The zero-order valence-corrected chi connectivity index (χ0v) is 24.2. The van der Waals surface area contributed by atoms with Crippen LogP contribution in [0.1, 0.15) is 70.2 Å². The Morgan fingerprint density at radius 2 is 1.43 bits per heavy atom. The topological polar surface area (TPSA) is 86.2 Å². The van der Waals surface area contributed by atoms with Crippen LogP contribution in [-0.2, 0) is 27.3 Å². The van der Waals surface area contributed by atoms with Gasteiger partial charge in [-0.1, -0.05) is 50.2 Å². The molecule has 0 saturated carbocycles. The Morgan fingerprint density at radius 3 is 1.98 bits per heavy atom. The standard InChI is InChI=1S/C31H30F6N2O5/c1-29(2,3)21-8-6-19(7-9-21)18-38-44-13-5-12-43-24-10-11-25(28(41)42-4)26(17-24)39-27(40)20-14-22(30(32,33)34)16-23(15-20)31(35,36)37/h6-11,14-18H,5,12-13H2,1-4H3,(H,39,40). The van der Waals surface area contributed by atoms with Gasteiger partial charge in [0.25, 0.3) is 5.91 Å². The molecule has 0 radical (unpaired) electrons. The second kappa shape index (κ2) is 13.8. The first-order valence-electron chi connectivity index (χ1n) is 13.2. The number of rotatable bonds is 10. The summed E-state index contributed by atoms with van der Waals surface area (Å²) in [4.78, 5) is 30.3. The molecule has 0 saturated heterocycles. The molecule has 1 amide bonds. The van der Waals surface area contributed by atoms with Crippen molar-refractivity contribution in [2.75, 3.05) is 25.6 Å². The van der Waals surface area contributed by atoms with Crippen LogP contribution in [0.4, 0.5) is 32.0 Å². The summed E-state index contributed by atoms with van der Waals surface area (Å²) in [5, 5.41) is 6.10. The summed E-state index contributed by atoms with van der Waals surface area (Å²) >= 11 is 0. The number of oxime groups is 1. The molecule has 3 rings (SSSR count). The predicted molar refractivity (Wildman–Crippen MR) is 151 cm³/mol. The molecular weight excluding hydrogens is 594 g/mol. The lowest BCUT2D eigenvalue weighted by Crippen LogP contribution is -2.19. The lowest BCUT2D eigenvalue weighted by atomic mass is 9.87. The van der Waals surface area contributed by atoms with E-state index in [0.717, 1.165) is 12.7 Å². The molecule has 7 nitrogen and oxygen atoms in total. The van der Waals surface area contributed by atoms with Gasteiger partial charge in [0.05, 0.1) is 42.3 Å². The predicted octanol–water partition coefficient (Wildman–Crippen LogP) is 7.88. The van der Waals surface area contributed by atoms with Gasteiger partial charge in [-0.3, -0.25) is 4.79 Å². The molecule has 1 N–H and O–H groups in total. The van der Waals surface area contributed by atoms with Crippen LogP contribution < -0.4 is 10.1 Å². The van der Waals surface area contributed by atoms with Crippen molar-refractivity contribution in [1.82, 2.24) is 0 Å². The summed E-state index contributed by atoms with van der Waals surface area (Å²) in [6, 6.07) is 12.2. The molecule has 0 aliphatic carbocycles. The van der Waals surface area contributed by atoms with Crippen LogP contribution in [0.2, 0.25) is 0 Å². The van der Waals surface area contributed by atoms with E-state index in [9.17, 15) is 35.9 Å². The Kier molecular flexibility index (Phi) is 10.7. The van der Waals surface area contributed by atoms with E-state index in [1.165, 1.54) is 23.8 Å². The normalized spacial score (nSPS) is 12.2. The molecule has 0 atom stereocenters. The van der Waals surface area contributed by atoms with E-state index in [4.69, 9.17) is 9.57 Å². The van der Waals surface area contributed by atoms with Crippen molar-refractivity contribution in [3.05, 3.63) is 94.0 Å². The van der Waals surface area contributed by atoms with E-state index in [1.54, 1.807) is 6.21 Å². The molecule has 0 bridgehead atoms. The smallest absolute Gasteiger partial charge is 0.416 e. The molecule has 0 unspecified atom stereocenters. The second-order valence-electron chi connectivity index (χ2n) is 10.6. The van der Waals surface area contributed by atoms with Gasteiger partial charge in [-0.25, -0.2) is 4.79 Å². The van der Waals surface area contributed by atoms with E-state index in [1.807, 2.05) is 24.3 Å². The molecular formula is C31H30F6N2O5. The number of hydrogen-bond acceptors (Lipinski definition) is 6. The largest absolute Gasteiger partial charge is 0.493 e. The summed E-state index contributed by atoms with van der Waals surface area (Å²) < 4.78 is 89.7. The number of halogens is 6. The third-order valence-electron chi connectivity index (χ3n) is 6.20. The van der Waals surface area contributed by atoms with Crippen LogP contribution in [0.5, 0.6) is 5.75 Å². The SMILES string of the molecule is COC(=O)c1ccc(OCCCON=Cc2ccc(C(C)(C)C)cc2)cc1NC(=O)c1cc(C(F)(F)F)cc(C(F)(F)F)c1. The van der Waals surface area contributed by atoms with Crippen LogP contribution in [-0.4, -0.2) is 38.4 Å². The number of alkyl halides is 6. The first-order chi connectivity index (χ1) is 20.5. The molecule has 0 spiro atoms. The average molecular weight is 625 g/mol. The number of nitrogens with one attached hydrogen (secondary N) is 1. The van der Waals surface area contributed by atoms with Crippen molar-refractivity contribution in [3.8, 4) is 5.75 Å². The van der Waals surface area contributed by atoms with E-state index < -0.39 is 40.9 Å². The molecule has 0 aliphatic rings. The van der Waals surface area contributed by atoms with Gasteiger partial charge in [0.15, 0.2) is 0 Å². The highest BCUT2D eigenvalue weighted by molar-refractivity contribution is 6.08. The number of amides is 1. The fourth-order valence-electron chi connectivity index (χ4n) is 3.82. The van der Waals surface area contributed by atoms with Crippen molar-refractivity contribution in [1.29, 1.82) is 0 Å². The van der Waals surface area contributed by atoms with E-state index in [-0.39, 0.29) is 53.8 Å². The van der Waals surface area contributed by atoms with Crippen molar-refractivity contribution >= 4 is 23.8 Å². The van der Waals surface area contributed by atoms with Crippen LogP contribution >= 0.6 is 0 Å². The number of carbonyl (C=O) groups is 2. The van der Waals surface area contributed by atoms with Gasteiger partial charge in [0.1, 0.15) is 12.4 Å². The van der Waals surface area contributed by atoms with Gasteiger partial charge in [-0.2, -0.15) is 26.3 Å². The van der Waals surface area contributed by atoms with Crippen molar-refractivity contribution in [3.63, 3.8) is 0 Å². The number of nitrogens with zero attached hydrogens (tertiary/aromatic N) is 1. The lowest BCUT2D eigenvalue weighted by molar-refractivity contribution is -0.143. The van der Waals surface area contributed by atoms with Gasteiger partial charge < -0.3 is 19.6 Å². The van der Waals surface area contributed by atoms with Crippen LogP contribution in [0.15, 0.2) is 65.8 Å². The molecule has 0 aliphatic heterocycles. The molecule has 0 heterocycles. The summed E-state index contributed by atoms with van der Waals surface area (Å²) in [7, 11) is 1.06. The summed E-state index contributed by atoms with van der Waals surface area (Å²) in [6.45, 7) is 6.65. The number of methoxy groups -OCH3 is 1. The highest BCUT2D eigenvalue weighted by Crippen LogP contribution is 2.36. The third-order valence-corrected chi connectivity index (χ3v) is 6.20. The van der Waals surface area contributed by atoms with Crippen LogP contribution in [0.25, 0.3) is 0 Å². The Balaban J connectivity index is 1.66. The van der Waals surface area contributed by atoms with E-state index >= 15 is 0 Å². The third kappa shape index (κ3) is 9.48. The molecule has 13 heteroatoms. The first kappa shape index (κ1) is 33.9. The fraction of sp³-hybridized carbons (Fsp3) is 0.323. The van der Waals surface area contributed by atoms with Gasteiger partial charge in [0.2, 0.25) is 0 Å². The molecule has 3 aromatic rings. The minimum Gasteiger partial charge on any atom is -0.493 e. The molecule has 3 aromatic carbocycles. The van der Waals surface area contributed by atoms with Crippen LogP contribution in [0.3, 0.4) is 0 Å². The molecule has 0 fully saturated rings. The Morgan fingerprint density at radius 1 is 0.818 bits per heavy atom. The second-order valence-corrected chi connectivity index (χ2v) is 10.6. The minimum absolute atomic E-state index is 0.0292. The monoisotopic (exact) mass is 624 g/mol. The highest BCUT2D eigenvalue weighted by atomic mass is 19.4. The maximum atomic E-state index is 13.2. The summed E-state index contributed by atoms with van der Waals surface area (Å²) in [6.07, 6.45) is -8.34. The number of anilines is 1. The number of carbonyl (C=O) groups excluding carboxylic acids is 2. The van der Waals surface area contributed by atoms with Gasteiger partial charge in [-0.15, -0.1) is 0 Å². The van der Waals surface area contributed by atoms with Gasteiger partial charge in [-0.05, 0) is 46.9 Å². The molecule has 236 valence electrons. The quantitative estimate of drug-likeness (QED) is 0.0816. The molecule has 44 heavy (non-hydrogen) atoms. The van der Waals surface area contributed by atoms with Crippen molar-refractivity contribution < 1.29 is 50.2 Å². The maximum absolute atomic E-state index is 13.2. The Labute approximate surface area is 249 Å². The zero-order valence-electron chi connectivity index (χ0n) is 24.2. The van der Waals surface area contributed by atoms with Crippen LogP contribution in [0, 0.1) is 0 Å².